The number of carbonyl (C=O) groups is 1. The minimum Gasteiger partial charge on any atom is -0.366 e. The summed E-state index contributed by atoms with van der Waals surface area (Å²) < 4.78 is 0. The van der Waals surface area contributed by atoms with Gasteiger partial charge in [-0.15, -0.1) is 0 Å². The van der Waals surface area contributed by atoms with Gasteiger partial charge < -0.3 is 11.1 Å². The number of rotatable bonds is 5. The molecule has 0 aliphatic carbocycles. The van der Waals surface area contributed by atoms with E-state index in [4.69, 9.17) is 11.1 Å². The third-order valence-electron chi connectivity index (χ3n) is 2.53. The summed E-state index contributed by atoms with van der Waals surface area (Å²) in [6, 6.07) is 6.90. The standard InChI is InChI=1S/C14H16N2O/c1-3-10(4-2)9-13(15)11-7-5-6-8-12(11)14(16)17/h3-8,15H,1,9H2,2H3,(H2,16,17)/b10-4+,15-13?. The van der Waals surface area contributed by atoms with E-state index in [1.54, 1.807) is 30.3 Å². The number of hydrogen-bond acceptors (Lipinski definition) is 2. The zero-order chi connectivity index (χ0) is 12.8. The number of nitrogens with two attached hydrogens (primary N) is 1. The van der Waals surface area contributed by atoms with Crippen molar-refractivity contribution in [2.45, 2.75) is 13.3 Å². The van der Waals surface area contributed by atoms with Crippen molar-refractivity contribution >= 4 is 11.6 Å². The Bertz CT molecular complexity index is 487. The highest BCUT2D eigenvalue weighted by atomic mass is 16.1. The summed E-state index contributed by atoms with van der Waals surface area (Å²) in [5.41, 5.74) is 7.57. The molecule has 0 unspecified atom stereocenters. The van der Waals surface area contributed by atoms with Crippen molar-refractivity contribution in [2.75, 3.05) is 0 Å². The maximum Gasteiger partial charge on any atom is 0.249 e. The van der Waals surface area contributed by atoms with Gasteiger partial charge in [-0.2, -0.15) is 0 Å². The molecule has 0 aliphatic heterocycles. The van der Waals surface area contributed by atoms with Gasteiger partial charge in [0.1, 0.15) is 0 Å². The molecule has 0 aromatic heterocycles. The van der Waals surface area contributed by atoms with Gasteiger partial charge in [0.05, 0.1) is 0 Å². The molecule has 1 aromatic rings. The molecule has 0 heterocycles. The van der Waals surface area contributed by atoms with Crippen LogP contribution in [0.3, 0.4) is 0 Å². The van der Waals surface area contributed by atoms with Crippen LogP contribution >= 0.6 is 0 Å². The Labute approximate surface area is 101 Å². The van der Waals surface area contributed by atoms with Crippen LogP contribution in [0.15, 0.2) is 48.6 Å². The molecule has 0 bridgehead atoms. The van der Waals surface area contributed by atoms with E-state index in [9.17, 15) is 4.79 Å². The Morgan fingerprint density at radius 3 is 2.47 bits per heavy atom. The smallest absolute Gasteiger partial charge is 0.249 e. The average molecular weight is 228 g/mol. The first-order chi connectivity index (χ1) is 8.10. The molecule has 0 radical (unpaired) electrons. The van der Waals surface area contributed by atoms with E-state index >= 15 is 0 Å². The molecule has 0 saturated heterocycles. The Hall–Kier alpha value is -2.16. The van der Waals surface area contributed by atoms with E-state index < -0.39 is 5.91 Å². The molecule has 17 heavy (non-hydrogen) atoms. The molecule has 3 N–H and O–H groups in total. The van der Waals surface area contributed by atoms with Crippen LogP contribution in [-0.2, 0) is 0 Å². The first-order valence-electron chi connectivity index (χ1n) is 5.34. The predicted molar refractivity (Wildman–Crippen MR) is 70.4 cm³/mol. The molecule has 3 heteroatoms. The van der Waals surface area contributed by atoms with Crippen molar-refractivity contribution in [1.29, 1.82) is 5.41 Å². The number of carbonyl (C=O) groups excluding carboxylic acids is 1. The molecule has 1 aromatic carbocycles. The number of benzene rings is 1. The molecule has 1 amide bonds. The van der Waals surface area contributed by atoms with Crippen LogP contribution in [0.1, 0.15) is 29.3 Å². The van der Waals surface area contributed by atoms with Gasteiger partial charge in [0.15, 0.2) is 0 Å². The fourth-order valence-electron chi connectivity index (χ4n) is 1.55. The number of hydrogen-bond donors (Lipinski definition) is 2. The molecule has 0 saturated carbocycles. The Balaban J connectivity index is 3.04. The minimum atomic E-state index is -0.508. The van der Waals surface area contributed by atoms with E-state index in [0.717, 1.165) is 5.57 Å². The second-order valence-corrected chi connectivity index (χ2v) is 3.63. The van der Waals surface area contributed by atoms with Crippen molar-refractivity contribution in [1.82, 2.24) is 0 Å². The first kappa shape index (κ1) is 12.9. The fraction of sp³-hybridized carbons (Fsp3) is 0.143. The fourth-order valence-corrected chi connectivity index (χ4v) is 1.55. The molecule has 3 nitrogen and oxygen atoms in total. The lowest BCUT2D eigenvalue weighted by atomic mass is 9.97. The van der Waals surface area contributed by atoms with Crippen LogP contribution in [0.2, 0.25) is 0 Å². The van der Waals surface area contributed by atoms with Gasteiger partial charge in [-0.1, -0.05) is 36.9 Å². The van der Waals surface area contributed by atoms with Crippen molar-refractivity contribution in [2.24, 2.45) is 5.73 Å². The Morgan fingerprint density at radius 2 is 2.00 bits per heavy atom. The highest BCUT2D eigenvalue weighted by Gasteiger charge is 2.11. The van der Waals surface area contributed by atoms with Gasteiger partial charge in [0, 0.05) is 23.3 Å². The maximum absolute atomic E-state index is 11.2. The molecule has 1 rings (SSSR count). The number of amides is 1. The lowest BCUT2D eigenvalue weighted by Gasteiger charge is -2.08. The molecule has 0 fully saturated rings. The largest absolute Gasteiger partial charge is 0.366 e. The van der Waals surface area contributed by atoms with Crippen LogP contribution in [0.25, 0.3) is 0 Å². The maximum atomic E-state index is 11.2. The van der Waals surface area contributed by atoms with Crippen LogP contribution < -0.4 is 5.73 Å². The summed E-state index contributed by atoms with van der Waals surface area (Å²) in [5.74, 6) is -0.508. The lowest BCUT2D eigenvalue weighted by Crippen LogP contribution is -2.16. The molecule has 0 spiro atoms. The van der Waals surface area contributed by atoms with Crippen LogP contribution in [-0.4, -0.2) is 11.6 Å². The predicted octanol–water partition coefficient (Wildman–Crippen LogP) is 2.68. The quantitative estimate of drug-likeness (QED) is 0.590. The van der Waals surface area contributed by atoms with Crippen LogP contribution in [0.4, 0.5) is 0 Å². The Kier molecular flexibility index (Phi) is 4.40. The number of primary amides is 1. The summed E-state index contributed by atoms with van der Waals surface area (Å²) in [6.07, 6.45) is 4.06. The monoisotopic (exact) mass is 228 g/mol. The van der Waals surface area contributed by atoms with E-state index in [1.165, 1.54) is 0 Å². The summed E-state index contributed by atoms with van der Waals surface area (Å²) in [5, 5.41) is 8.00. The van der Waals surface area contributed by atoms with Crippen molar-refractivity contribution < 1.29 is 4.79 Å². The van der Waals surface area contributed by atoms with Gasteiger partial charge in [-0.25, -0.2) is 0 Å². The van der Waals surface area contributed by atoms with Crippen molar-refractivity contribution in [3.05, 3.63) is 59.7 Å². The minimum absolute atomic E-state index is 0.368. The SMILES string of the molecule is C=C/C(=C\C)CC(=N)c1ccccc1C(N)=O. The molecular weight excluding hydrogens is 212 g/mol. The van der Waals surface area contributed by atoms with Gasteiger partial charge in [-0.05, 0) is 18.6 Å². The summed E-state index contributed by atoms with van der Waals surface area (Å²) in [4.78, 5) is 11.2. The zero-order valence-electron chi connectivity index (χ0n) is 9.86. The average Bonchev–Trinajstić information content (AvgIpc) is 2.35. The Morgan fingerprint density at radius 1 is 1.41 bits per heavy atom. The third-order valence-corrected chi connectivity index (χ3v) is 2.53. The van der Waals surface area contributed by atoms with E-state index in [-0.39, 0.29) is 0 Å². The molecular formula is C14H16N2O. The van der Waals surface area contributed by atoms with Crippen LogP contribution in [0.5, 0.6) is 0 Å². The second kappa shape index (κ2) is 5.80. The highest BCUT2D eigenvalue weighted by Crippen LogP contribution is 2.14. The van der Waals surface area contributed by atoms with Crippen LogP contribution in [0, 0.1) is 5.41 Å². The lowest BCUT2D eigenvalue weighted by molar-refractivity contribution is 0.1000. The topological polar surface area (TPSA) is 66.9 Å². The van der Waals surface area contributed by atoms with Gasteiger partial charge in [-0.3, -0.25) is 4.79 Å². The molecule has 88 valence electrons. The van der Waals surface area contributed by atoms with Gasteiger partial charge >= 0.3 is 0 Å². The summed E-state index contributed by atoms with van der Waals surface area (Å²) in [6.45, 7) is 5.57. The first-order valence-corrected chi connectivity index (χ1v) is 5.34. The molecule has 0 atom stereocenters. The highest BCUT2D eigenvalue weighted by molar-refractivity contribution is 6.09. The summed E-state index contributed by atoms with van der Waals surface area (Å²) >= 11 is 0. The van der Waals surface area contributed by atoms with E-state index in [0.29, 0.717) is 23.3 Å². The van der Waals surface area contributed by atoms with Crippen molar-refractivity contribution in [3.8, 4) is 0 Å². The molecule has 0 aliphatic rings. The zero-order valence-corrected chi connectivity index (χ0v) is 9.86. The second-order valence-electron chi connectivity index (χ2n) is 3.63. The normalized spacial score (nSPS) is 11.0. The van der Waals surface area contributed by atoms with E-state index in [1.807, 2.05) is 13.0 Å². The number of allylic oxidation sites excluding steroid dienone is 3. The summed E-state index contributed by atoms with van der Waals surface area (Å²) in [7, 11) is 0. The third kappa shape index (κ3) is 3.14. The van der Waals surface area contributed by atoms with Crippen molar-refractivity contribution in [3.63, 3.8) is 0 Å². The van der Waals surface area contributed by atoms with Gasteiger partial charge in [0.25, 0.3) is 0 Å². The van der Waals surface area contributed by atoms with Gasteiger partial charge in [0.2, 0.25) is 5.91 Å². The number of nitrogens with one attached hydrogen (secondary N) is 1. The van der Waals surface area contributed by atoms with E-state index in [2.05, 4.69) is 6.58 Å².